The molecule has 98 valence electrons. The molecule has 0 unspecified atom stereocenters. The van der Waals surface area contributed by atoms with Gasteiger partial charge >= 0.3 is 0 Å². The molecule has 0 atom stereocenters. The summed E-state index contributed by atoms with van der Waals surface area (Å²) in [5, 5.41) is 1.53. The van der Waals surface area contributed by atoms with Crippen molar-refractivity contribution in [1.82, 2.24) is 4.98 Å². The van der Waals surface area contributed by atoms with E-state index in [9.17, 15) is 0 Å². The second-order valence-corrected chi connectivity index (χ2v) is 4.96. The molecule has 0 radical (unpaired) electrons. The molecular weight excluding hydrogens is 268 g/mol. The maximum atomic E-state index is 6.21. The quantitative estimate of drug-likeness (QED) is 0.482. The molecule has 0 amide bonds. The SMILES string of the molecule is Cc1ccccc1N=Cc1cc2ccccc2nc1Cl. The molecule has 3 aromatic rings. The van der Waals surface area contributed by atoms with Crippen molar-refractivity contribution < 1.29 is 0 Å². The van der Waals surface area contributed by atoms with Gasteiger partial charge < -0.3 is 0 Å². The van der Waals surface area contributed by atoms with Crippen LogP contribution >= 0.6 is 11.6 Å². The first-order valence-electron chi connectivity index (χ1n) is 6.39. The van der Waals surface area contributed by atoms with Crippen LogP contribution in [0.2, 0.25) is 5.15 Å². The topological polar surface area (TPSA) is 25.2 Å². The minimum absolute atomic E-state index is 0.473. The second-order valence-electron chi connectivity index (χ2n) is 4.61. The van der Waals surface area contributed by atoms with Crippen molar-refractivity contribution in [1.29, 1.82) is 0 Å². The lowest BCUT2D eigenvalue weighted by atomic mass is 10.1. The van der Waals surface area contributed by atoms with E-state index in [4.69, 9.17) is 11.6 Å². The molecule has 0 aliphatic heterocycles. The molecule has 0 saturated carbocycles. The van der Waals surface area contributed by atoms with Crippen molar-refractivity contribution >= 4 is 34.4 Å². The number of hydrogen-bond acceptors (Lipinski definition) is 2. The summed E-state index contributed by atoms with van der Waals surface area (Å²) in [6.45, 7) is 2.03. The molecule has 0 fully saturated rings. The zero-order valence-electron chi connectivity index (χ0n) is 11.0. The zero-order valence-corrected chi connectivity index (χ0v) is 11.8. The van der Waals surface area contributed by atoms with Gasteiger partial charge in [-0.25, -0.2) is 4.98 Å². The van der Waals surface area contributed by atoms with E-state index >= 15 is 0 Å². The molecule has 0 aliphatic carbocycles. The van der Waals surface area contributed by atoms with Gasteiger partial charge in [-0.3, -0.25) is 4.99 Å². The molecule has 0 aliphatic rings. The van der Waals surface area contributed by atoms with E-state index < -0.39 is 0 Å². The minimum atomic E-state index is 0.473. The Morgan fingerprint density at radius 2 is 1.80 bits per heavy atom. The van der Waals surface area contributed by atoms with E-state index in [-0.39, 0.29) is 0 Å². The van der Waals surface area contributed by atoms with E-state index in [0.717, 1.165) is 27.7 Å². The van der Waals surface area contributed by atoms with Gasteiger partial charge in [0.1, 0.15) is 5.15 Å². The summed E-state index contributed by atoms with van der Waals surface area (Å²) in [6, 6.07) is 17.9. The van der Waals surface area contributed by atoms with E-state index in [2.05, 4.69) is 9.98 Å². The maximum Gasteiger partial charge on any atom is 0.138 e. The van der Waals surface area contributed by atoms with Gasteiger partial charge in [0, 0.05) is 17.2 Å². The van der Waals surface area contributed by atoms with E-state index in [0.29, 0.717) is 5.15 Å². The number of halogens is 1. The van der Waals surface area contributed by atoms with Crippen LogP contribution in [0.3, 0.4) is 0 Å². The van der Waals surface area contributed by atoms with Crippen LogP contribution in [0.5, 0.6) is 0 Å². The van der Waals surface area contributed by atoms with Crippen molar-refractivity contribution in [2.24, 2.45) is 4.99 Å². The normalized spacial score (nSPS) is 11.3. The molecule has 0 spiro atoms. The van der Waals surface area contributed by atoms with Gasteiger partial charge in [-0.1, -0.05) is 48.0 Å². The molecule has 1 aromatic heterocycles. The monoisotopic (exact) mass is 280 g/mol. The Morgan fingerprint density at radius 3 is 2.65 bits per heavy atom. The summed E-state index contributed by atoms with van der Waals surface area (Å²) >= 11 is 6.21. The summed E-state index contributed by atoms with van der Waals surface area (Å²) in [7, 11) is 0. The number of nitrogens with zero attached hydrogens (tertiary/aromatic N) is 2. The predicted molar refractivity (Wildman–Crippen MR) is 85.2 cm³/mol. The highest BCUT2D eigenvalue weighted by atomic mass is 35.5. The van der Waals surface area contributed by atoms with Gasteiger partial charge in [-0.15, -0.1) is 0 Å². The number of aryl methyl sites for hydroxylation is 1. The number of aliphatic imine (C=N–C) groups is 1. The Morgan fingerprint density at radius 1 is 1.05 bits per heavy atom. The zero-order chi connectivity index (χ0) is 13.9. The third-order valence-corrected chi connectivity index (χ3v) is 3.47. The van der Waals surface area contributed by atoms with Gasteiger partial charge in [-0.2, -0.15) is 0 Å². The van der Waals surface area contributed by atoms with Gasteiger partial charge in [-0.05, 0) is 30.7 Å². The fourth-order valence-corrected chi connectivity index (χ4v) is 2.24. The fourth-order valence-electron chi connectivity index (χ4n) is 2.05. The Kier molecular flexibility index (Phi) is 3.48. The Hall–Kier alpha value is -2.19. The van der Waals surface area contributed by atoms with E-state index in [1.54, 1.807) is 6.21 Å². The van der Waals surface area contributed by atoms with Gasteiger partial charge in [0.05, 0.1) is 11.2 Å². The van der Waals surface area contributed by atoms with Crippen LogP contribution in [0.25, 0.3) is 10.9 Å². The number of hydrogen-bond donors (Lipinski definition) is 0. The van der Waals surface area contributed by atoms with Gasteiger partial charge in [0.25, 0.3) is 0 Å². The molecule has 2 aromatic carbocycles. The average molecular weight is 281 g/mol. The summed E-state index contributed by atoms with van der Waals surface area (Å²) in [4.78, 5) is 8.88. The summed E-state index contributed by atoms with van der Waals surface area (Å²) in [5.74, 6) is 0. The van der Waals surface area contributed by atoms with Crippen molar-refractivity contribution in [3.63, 3.8) is 0 Å². The van der Waals surface area contributed by atoms with E-state index in [1.807, 2.05) is 61.5 Å². The molecule has 0 saturated heterocycles. The van der Waals surface area contributed by atoms with Crippen LogP contribution in [-0.4, -0.2) is 11.2 Å². The lowest BCUT2D eigenvalue weighted by Crippen LogP contribution is -1.88. The first-order valence-corrected chi connectivity index (χ1v) is 6.77. The third-order valence-electron chi connectivity index (χ3n) is 3.16. The number of pyridine rings is 1. The van der Waals surface area contributed by atoms with Crippen LogP contribution < -0.4 is 0 Å². The lowest BCUT2D eigenvalue weighted by Gasteiger charge is -2.02. The van der Waals surface area contributed by atoms with Crippen LogP contribution in [0, 0.1) is 6.92 Å². The number of aromatic nitrogens is 1. The van der Waals surface area contributed by atoms with Crippen molar-refractivity contribution in [3.05, 3.63) is 70.9 Å². The minimum Gasteiger partial charge on any atom is -0.256 e. The summed E-state index contributed by atoms with van der Waals surface area (Å²) < 4.78 is 0. The number of benzene rings is 2. The predicted octanol–water partition coefficient (Wildman–Crippen LogP) is 4.95. The van der Waals surface area contributed by atoms with Crippen molar-refractivity contribution in [3.8, 4) is 0 Å². The highest BCUT2D eigenvalue weighted by Gasteiger charge is 2.02. The molecule has 3 heteroatoms. The van der Waals surface area contributed by atoms with Crippen molar-refractivity contribution in [2.75, 3.05) is 0 Å². The highest BCUT2D eigenvalue weighted by molar-refractivity contribution is 6.32. The molecular formula is C17H13ClN2. The Balaban J connectivity index is 2.02. The van der Waals surface area contributed by atoms with Gasteiger partial charge in [0.2, 0.25) is 0 Å². The van der Waals surface area contributed by atoms with Crippen LogP contribution in [0.1, 0.15) is 11.1 Å². The standard InChI is InChI=1S/C17H13ClN2/c1-12-6-2-4-8-15(12)19-11-14-10-13-7-3-5-9-16(13)20-17(14)18/h2-11H,1H3. The van der Waals surface area contributed by atoms with Crippen molar-refractivity contribution in [2.45, 2.75) is 6.92 Å². The van der Waals surface area contributed by atoms with Crippen LogP contribution in [-0.2, 0) is 0 Å². The largest absolute Gasteiger partial charge is 0.256 e. The summed E-state index contributed by atoms with van der Waals surface area (Å²) in [6.07, 6.45) is 1.77. The molecule has 3 rings (SSSR count). The molecule has 0 N–H and O–H groups in total. The van der Waals surface area contributed by atoms with Crippen LogP contribution in [0.15, 0.2) is 59.6 Å². The Bertz CT molecular complexity index is 794. The second kappa shape index (κ2) is 5.43. The number of fused-ring (bicyclic) bond motifs is 1. The third kappa shape index (κ3) is 2.56. The Labute approximate surface area is 122 Å². The fraction of sp³-hybridized carbons (Fsp3) is 0.0588. The van der Waals surface area contributed by atoms with E-state index in [1.165, 1.54) is 0 Å². The maximum absolute atomic E-state index is 6.21. The molecule has 20 heavy (non-hydrogen) atoms. The molecule has 0 bridgehead atoms. The first kappa shape index (κ1) is 12.8. The number of para-hydroxylation sites is 2. The smallest absolute Gasteiger partial charge is 0.138 e. The van der Waals surface area contributed by atoms with Crippen LogP contribution in [0.4, 0.5) is 5.69 Å². The van der Waals surface area contributed by atoms with Gasteiger partial charge in [0.15, 0.2) is 0 Å². The molecule has 1 heterocycles. The average Bonchev–Trinajstić information content (AvgIpc) is 2.46. The lowest BCUT2D eigenvalue weighted by molar-refractivity contribution is 1.38. The molecule has 2 nitrogen and oxygen atoms in total. The first-order chi connectivity index (χ1) is 9.74. The summed E-state index contributed by atoms with van der Waals surface area (Å²) in [5.41, 5.74) is 3.80. The number of rotatable bonds is 2. The highest BCUT2D eigenvalue weighted by Crippen LogP contribution is 2.21.